The number of nitrogens with zero attached hydrogens (tertiary/aromatic N) is 2. The molecule has 2 heterocycles. The molecule has 0 N–H and O–H groups in total. The van der Waals surface area contributed by atoms with E-state index in [-0.39, 0.29) is 5.92 Å². The number of hydrazine groups is 1. The molecule has 2 fully saturated rings. The molecule has 6 heteroatoms. The highest BCUT2D eigenvalue weighted by Crippen LogP contribution is 2.35. The van der Waals surface area contributed by atoms with Gasteiger partial charge in [-0.1, -0.05) is 17.7 Å². The number of rotatable bonds is 2. The maximum Gasteiger partial charge on any atom is 0.133 e. The normalized spacial score (nSPS) is 19.8. The number of ether oxygens (including phenoxy) is 1. The van der Waals surface area contributed by atoms with Gasteiger partial charge in [0.25, 0.3) is 0 Å². The molecule has 2 aromatic rings. The first-order chi connectivity index (χ1) is 12.1. The van der Waals surface area contributed by atoms with E-state index in [1.54, 1.807) is 12.1 Å². The summed E-state index contributed by atoms with van der Waals surface area (Å²) in [6.45, 7) is 4.97. The van der Waals surface area contributed by atoms with Gasteiger partial charge in [0.15, 0.2) is 0 Å². The summed E-state index contributed by atoms with van der Waals surface area (Å²) in [6, 6.07) is 9.18. The van der Waals surface area contributed by atoms with Gasteiger partial charge in [0, 0.05) is 48.7 Å². The van der Waals surface area contributed by atoms with Crippen LogP contribution in [0.1, 0.15) is 11.5 Å². The average Bonchev–Trinajstić information content (AvgIpc) is 2.86. The van der Waals surface area contributed by atoms with Gasteiger partial charge in [-0.05, 0) is 35.4 Å². The number of halogens is 3. The molecule has 2 aliphatic rings. The lowest BCUT2D eigenvalue weighted by Gasteiger charge is -2.23. The van der Waals surface area contributed by atoms with Crippen molar-refractivity contribution in [1.29, 1.82) is 0 Å². The molecule has 0 saturated carbocycles. The second-order valence-corrected chi connectivity index (χ2v) is 6.90. The molecule has 0 bridgehead atoms. The van der Waals surface area contributed by atoms with Gasteiger partial charge in [-0.3, -0.25) is 0 Å². The van der Waals surface area contributed by atoms with Gasteiger partial charge in [-0.25, -0.2) is 18.8 Å². The number of benzene rings is 2. The molecule has 3 nitrogen and oxygen atoms in total. The van der Waals surface area contributed by atoms with Crippen molar-refractivity contribution >= 4 is 11.6 Å². The van der Waals surface area contributed by atoms with E-state index in [2.05, 4.69) is 10.0 Å². The molecule has 0 aliphatic carbocycles. The zero-order chi connectivity index (χ0) is 17.4. The summed E-state index contributed by atoms with van der Waals surface area (Å²) in [5.74, 6) is -0.877. The molecule has 2 aliphatic heterocycles. The molecule has 0 atom stereocenters. The van der Waals surface area contributed by atoms with Crippen LogP contribution in [0.3, 0.4) is 0 Å². The van der Waals surface area contributed by atoms with Crippen LogP contribution in [-0.2, 0) is 4.74 Å². The van der Waals surface area contributed by atoms with E-state index >= 15 is 0 Å². The molecule has 0 amide bonds. The van der Waals surface area contributed by atoms with Crippen molar-refractivity contribution in [3.05, 3.63) is 58.6 Å². The standard InChI is InChI=1S/C19H19ClF2N2O/c20-18-4-1-13(16-3-2-15(21)10-19(16)22)9-17(18)14-11-23-5-7-25-8-6-24(23)12-14/h1-4,9-10,14H,5-8,11-12H2. The minimum absolute atomic E-state index is 0.258. The van der Waals surface area contributed by atoms with Crippen molar-refractivity contribution in [3.63, 3.8) is 0 Å². The maximum absolute atomic E-state index is 14.1. The minimum atomic E-state index is -0.575. The Hall–Kier alpha value is -1.53. The first kappa shape index (κ1) is 16.9. The van der Waals surface area contributed by atoms with Gasteiger partial charge in [0.1, 0.15) is 11.6 Å². The topological polar surface area (TPSA) is 15.7 Å². The van der Waals surface area contributed by atoms with Crippen LogP contribution >= 0.6 is 11.6 Å². The van der Waals surface area contributed by atoms with Crippen LogP contribution in [0.2, 0.25) is 5.02 Å². The Morgan fingerprint density at radius 1 is 0.960 bits per heavy atom. The third-order valence-corrected chi connectivity index (χ3v) is 5.27. The van der Waals surface area contributed by atoms with Crippen molar-refractivity contribution in [2.24, 2.45) is 0 Å². The minimum Gasteiger partial charge on any atom is -0.379 e. The Balaban J connectivity index is 1.64. The highest BCUT2D eigenvalue weighted by Gasteiger charge is 2.33. The monoisotopic (exact) mass is 364 g/mol. The summed E-state index contributed by atoms with van der Waals surface area (Å²) in [6.07, 6.45) is 0. The smallest absolute Gasteiger partial charge is 0.133 e. The summed E-state index contributed by atoms with van der Waals surface area (Å²) >= 11 is 6.44. The van der Waals surface area contributed by atoms with E-state index in [4.69, 9.17) is 16.3 Å². The highest BCUT2D eigenvalue weighted by atomic mass is 35.5. The van der Waals surface area contributed by atoms with Crippen molar-refractivity contribution in [1.82, 2.24) is 10.0 Å². The predicted molar refractivity (Wildman–Crippen MR) is 93.5 cm³/mol. The zero-order valence-corrected chi connectivity index (χ0v) is 14.5. The van der Waals surface area contributed by atoms with Crippen molar-refractivity contribution < 1.29 is 13.5 Å². The van der Waals surface area contributed by atoms with E-state index in [1.165, 1.54) is 12.1 Å². The van der Waals surface area contributed by atoms with Gasteiger partial charge in [0.2, 0.25) is 0 Å². The van der Waals surface area contributed by atoms with Crippen molar-refractivity contribution in [2.75, 3.05) is 39.4 Å². The fourth-order valence-electron chi connectivity index (χ4n) is 3.65. The summed E-state index contributed by atoms with van der Waals surface area (Å²) < 4.78 is 32.8. The molecule has 132 valence electrons. The van der Waals surface area contributed by atoms with Gasteiger partial charge < -0.3 is 4.74 Å². The average molecular weight is 365 g/mol. The lowest BCUT2D eigenvalue weighted by Crippen LogP contribution is -2.37. The van der Waals surface area contributed by atoms with Crippen molar-refractivity contribution in [2.45, 2.75) is 5.92 Å². The van der Waals surface area contributed by atoms with Crippen LogP contribution in [-0.4, -0.2) is 49.4 Å². The lowest BCUT2D eigenvalue weighted by atomic mass is 9.95. The van der Waals surface area contributed by atoms with Gasteiger partial charge in [-0.2, -0.15) is 0 Å². The highest BCUT2D eigenvalue weighted by molar-refractivity contribution is 6.31. The van der Waals surface area contributed by atoms with E-state index in [0.717, 1.165) is 56.6 Å². The maximum atomic E-state index is 14.1. The fourth-order valence-corrected chi connectivity index (χ4v) is 3.92. The third kappa shape index (κ3) is 3.42. The summed E-state index contributed by atoms with van der Waals surface area (Å²) in [5.41, 5.74) is 2.12. The van der Waals surface area contributed by atoms with Gasteiger partial charge in [-0.15, -0.1) is 0 Å². The SMILES string of the molecule is Fc1ccc(-c2ccc(Cl)c(C3CN4CCOCCN4C3)c2)c(F)c1. The van der Waals surface area contributed by atoms with Crippen LogP contribution in [0, 0.1) is 11.6 Å². The first-order valence-corrected chi connectivity index (χ1v) is 8.82. The van der Waals surface area contributed by atoms with E-state index in [1.807, 2.05) is 6.07 Å². The molecular weight excluding hydrogens is 346 g/mol. The Labute approximate surface area is 150 Å². The molecule has 2 saturated heterocycles. The molecule has 25 heavy (non-hydrogen) atoms. The second kappa shape index (κ2) is 7.00. The van der Waals surface area contributed by atoms with Crippen LogP contribution in [0.5, 0.6) is 0 Å². The number of hydrogen-bond donors (Lipinski definition) is 0. The largest absolute Gasteiger partial charge is 0.379 e. The molecule has 2 aromatic carbocycles. The quantitative estimate of drug-likeness (QED) is 0.803. The van der Waals surface area contributed by atoms with Crippen LogP contribution in [0.15, 0.2) is 36.4 Å². The number of fused-ring (bicyclic) bond motifs is 1. The van der Waals surface area contributed by atoms with Crippen LogP contribution < -0.4 is 0 Å². The molecule has 4 rings (SSSR count). The van der Waals surface area contributed by atoms with E-state index in [9.17, 15) is 8.78 Å². The number of hydrogen-bond acceptors (Lipinski definition) is 3. The molecular formula is C19H19ClF2N2O. The Kier molecular flexibility index (Phi) is 4.73. The molecule has 0 radical (unpaired) electrons. The summed E-state index contributed by atoms with van der Waals surface area (Å²) in [5, 5.41) is 5.30. The fraction of sp³-hybridized carbons (Fsp3) is 0.368. The predicted octanol–water partition coefficient (Wildman–Crippen LogP) is 3.93. The Bertz CT molecular complexity index is 772. The molecule has 0 unspecified atom stereocenters. The summed E-state index contributed by atoms with van der Waals surface area (Å²) in [4.78, 5) is 0. The van der Waals surface area contributed by atoms with Crippen molar-refractivity contribution in [3.8, 4) is 11.1 Å². The lowest BCUT2D eigenvalue weighted by molar-refractivity contribution is 0.0439. The summed E-state index contributed by atoms with van der Waals surface area (Å²) in [7, 11) is 0. The van der Waals surface area contributed by atoms with Crippen LogP contribution in [0.4, 0.5) is 8.78 Å². The first-order valence-electron chi connectivity index (χ1n) is 8.44. The third-order valence-electron chi connectivity index (χ3n) is 4.93. The Morgan fingerprint density at radius 3 is 2.36 bits per heavy atom. The van der Waals surface area contributed by atoms with Gasteiger partial charge >= 0.3 is 0 Å². The van der Waals surface area contributed by atoms with E-state index < -0.39 is 11.6 Å². The zero-order valence-electron chi connectivity index (χ0n) is 13.7. The van der Waals surface area contributed by atoms with Crippen LogP contribution in [0.25, 0.3) is 11.1 Å². The van der Waals surface area contributed by atoms with E-state index in [0.29, 0.717) is 10.6 Å². The Morgan fingerprint density at radius 2 is 1.68 bits per heavy atom. The molecule has 0 spiro atoms. The van der Waals surface area contributed by atoms with Gasteiger partial charge in [0.05, 0.1) is 13.2 Å². The second-order valence-electron chi connectivity index (χ2n) is 6.50. The molecule has 0 aromatic heterocycles.